The van der Waals surface area contributed by atoms with Crippen LogP contribution in [-0.4, -0.2) is 64.7 Å². The molecule has 2 rings (SSSR count). The first-order valence-corrected chi connectivity index (χ1v) is 12.3. The molecule has 1 amide bonds. The summed E-state index contributed by atoms with van der Waals surface area (Å²) in [5.74, 6) is 1.89. The van der Waals surface area contributed by atoms with Crippen molar-refractivity contribution >= 4 is 23.6 Å². The van der Waals surface area contributed by atoms with Crippen LogP contribution in [0.1, 0.15) is 30.4 Å². The molecule has 0 bridgehead atoms. The number of aliphatic imine (C=N–C) groups is 1. The second-order valence-corrected chi connectivity index (χ2v) is 8.46. The van der Waals surface area contributed by atoms with Gasteiger partial charge in [0.05, 0.1) is 14.2 Å². The second-order valence-electron chi connectivity index (χ2n) is 8.46. The molecular weight excluding hydrogens is 468 g/mol. The van der Waals surface area contributed by atoms with Crippen molar-refractivity contribution in [2.24, 2.45) is 4.99 Å². The number of ether oxygens (including phenoxy) is 2. The average molecular weight is 507 g/mol. The van der Waals surface area contributed by atoms with Gasteiger partial charge in [-0.1, -0.05) is 30.4 Å². The summed E-state index contributed by atoms with van der Waals surface area (Å²) in [6.45, 7) is 2.61. The summed E-state index contributed by atoms with van der Waals surface area (Å²) < 4.78 is 10.7. The van der Waals surface area contributed by atoms with Crippen molar-refractivity contribution in [3.05, 3.63) is 59.7 Å². The normalized spacial score (nSPS) is 11.3. The van der Waals surface area contributed by atoms with Crippen LogP contribution >= 0.6 is 0 Å². The zero-order chi connectivity index (χ0) is 26.9. The molecule has 9 heteroatoms. The highest BCUT2D eigenvalue weighted by molar-refractivity contribution is 5.94. The van der Waals surface area contributed by atoms with Crippen molar-refractivity contribution in [1.29, 1.82) is 5.26 Å². The maximum Gasteiger partial charge on any atom is 0.223 e. The number of carbonyl (C=O) groups is 1. The Morgan fingerprint density at radius 3 is 2.51 bits per heavy atom. The van der Waals surface area contributed by atoms with Gasteiger partial charge in [0.15, 0.2) is 11.5 Å². The number of anilines is 1. The highest BCUT2D eigenvalue weighted by atomic mass is 16.5. The van der Waals surface area contributed by atoms with Crippen molar-refractivity contribution < 1.29 is 14.3 Å². The predicted octanol–water partition coefficient (Wildman–Crippen LogP) is 3.65. The quantitative estimate of drug-likeness (QED) is 0.155. The molecule has 2 aromatic carbocycles. The van der Waals surface area contributed by atoms with Crippen molar-refractivity contribution in [2.75, 3.05) is 53.3 Å². The molecule has 2 aromatic rings. The molecule has 0 aliphatic carbocycles. The Hall–Kier alpha value is -4.03. The van der Waals surface area contributed by atoms with Gasteiger partial charge >= 0.3 is 0 Å². The van der Waals surface area contributed by atoms with E-state index in [2.05, 4.69) is 39.0 Å². The van der Waals surface area contributed by atoms with Gasteiger partial charge in [-0.05, 0) is 68.2 Å². The second kappa shape index (κ2) is 16.6. The van der Waals surface area contributed by atoms with Crippen molar-refractivity contribution in [3.63, 3.8) is 0 Å². The van der Waals surface area contributed by atoms with E-state index in [1.807, 2.05) is 48.6 Å². The molecule has 0 saturated carbocycles. The zero-order valence-corrected chi connectivity index (χ0v) is 22.2. The average Bonchev–Trinajstić information content (AvgIpc) is 2.92. The van der Waals surface area contributed by atoms with Gasteiger partial charge in [-0.25, -0.2) is 0 Å². The van der Waals surface area contributed by atoms with Crippen LogP contribution in [0.15, 0.2) is 53.5 Å². The minimum atomic E-state index is 0.0164. The molecule has 0 fully saturated rings. The minimum Gasteiger partial charge on any atom is -0.493 e. The zero-order valence-electron chi connectivity index (χ0n) is 22.2. The summed E-state index contributed by atoms with van der Waals surface area (Å²) >= 11 is 0. The fourth-order valence-electron chi connectivity index (χ4n) is 3.59. The van der Waals surface area contributed by atoms with Crippen LogP contribution in [0.5, 0.6) is 11.5 Å². The molecule has 0 atom stereocenters. The van der Waals surface area contributed by atoms with Gasteiger partial charge in [0.1, 0.15) is 0 Å². The number of carbonyl (C=O) groups excluding carboxylic acids is 1. The summed E-state index contributed by atoms with van der Waals surface area (Å²) in [5.41, 5.74) is 3.01. The Kier molecular flexibility index (Phi) is 13.1. The number of nitriles is 1. The molecule has 3 N–H and O–H groups in total. The van der Waals surface area contributed by atoms with E-state index >= 15 is 0 Å². The molecule has 0 saturated heterocycles. The lowest BCUT2D eigenvalue weighted by atomic mass is 10.1. The lowest BCUT2D eigenvalue weighted by molar-refractivity contribution is -0.120. The number of hydrogen-bond donors (Lipinski definition) is 3. The standard InChI is InChI=1S/C28H38N6O3/c1-30-28(32-21-29)33-24-13-10-22(11-14-24)8-7-9-27(35)31-17-5-6-18-34(2)19-16-23-12-15-25(36-3)26(20-23)37-4/h7-8,10-15,20H,5-6,9,16-19H2,1-4H3,(H,31,35)(H2,30,32,33)/b8-7+. The van der Waals surface area contributed by atoms with Crippen molar-refractivity contribution in [3.8, 4) is 17.7 Å². The largest absolute Gasteiger partial charge is 0.493 e. The fraction of sp³-hybridized carbons (Fsp3) is 0.393. The number of rotatable bonds is 14. The van der Waals surface area contributed by atoms with Crippen LogP contribution < -0.4 is 25.4 Å². The Balaban J connectivity index is 1.60. The number of nitrogens with one attached hydrogen (secondary N) is 3. The number of benzene rings is 2. The van der Waals surface area contributed by atoms with Crippen molar-refractivity contribution in [1.82, 2.24) is 15.5 Å². The molecule has 37 heavy (non-hydrogen) atoms. The number of unbranched alkanes of at least 4 members (excludes halogenated alkanes) is 1. The summed E-state index contributed by atoms with van der Waals surface area (Å²) in [5, 5.41) is 17.5. The number of methoxy groups -OCH3 is 2. The lowest BCUT2D eigenvalue weighted by Crippen LogP contribution is -2.26. The predicted molar refractivity (Wildman–Crippen MR) is 149 cm³/mol. The molecule has 0 spiro atoms. The Morgan fingerprint density at radius 1 is 1.08 bits per heavy atom. The molecule has 0 unspecified atom stereocenters. The van der Waals surface area contributed by atoms with Gasteiger partial charge in [0.2, 0.25) is 18.1 Å². The smallest absolute Gasteiger partial charge is 0.223 e. The van der Waals surface area contributed by atoms with Crippen LogP contribution in [0.2, 0.25) is 0 Å². The van der Waals surface area contributed by atoms with E-state index in [-0.39, 0.29) is 5.91 Å². The van der Waals surface area contributed by atoms with E-state index in [1.54, 1.807) is 27.5 Å². The maximum atomic E-state index is 12.1. The molecule has 0 aliphatic heterocycles. The lowest BCUT2D eigenvalue weighted by Gasteiger charge is -2.17. The Labute approximate surface area is 220 Å². The van der Waals surface area contributed by atoms with Crippen molar-refractivity contribution in [2.45, 2.75) is 25.7 Å². The van der Waals surface area contributed by atoms with Gasteiger partial charge in [-0.15, -0.1) is 4.99 Å². The summed E-state index contributed by atoms with van der Waals surface area (Å²) in [6.07, 6.45) is 8.74. The summed E-state index contributed by atoms with van der Waals surface area (Å²) in [4.78, 5) is 18.0. The van der Waals surface area contributed by atoms with Gasteiger partial charge in [0.25, 0.3) is 0 Å². The minimum absolute atomic E-state index is 0.0164. The first-order valence-electron chi connectivity index (χ1n) is 12.3. The van der Waals surface area contributed by atoms with Crippen LogP contribution in [0, 0.1) is 11.5 Å². The van der Waals surface area contributed by atoms with Crippen LogP contribution in [-0.2, 0) is 11.2 Å². The summed E-state index contributed by atoms with van der Waals surface area (Å²) in [7, 11) is 7.09. The van der Waals surface area contributed by atoms with Gasteiger partial charge in [-0.2, -0.15) is 5.26 Å². The van der Waals surface area contributed by atoms with Gasteiger partial charge in [0, 0.05) is 32.2 Å². The first kappa shape index (κ1) is 29.2. The molecule has 9 nitrogen and oxygen atoms in total. The van der Waals surface area contributed by atoms with Crippen LogP contribution in [0.4, 0.5) is 5.69 Å². The van der Waals surface area contributed by atoms with E-state index in [9.17, 15) is 4.79 Å². The molecular formula is C28H38N6O3. The van der Waals surface area contributed by atoms with E-state index in [0.29, 0.717) is 18.9 Å². The fourth-order valence-corrected chi connectivity index (χ4v) is 3.59. The van der Waals surface area contributed by atoms with Gasteiger partial charge in [-0.3, -0.25) is 4.79 Å². The van der Waals surface area contributed by atoms with Crippen LogP contribution in [0.25, 0.3) is 6.08 Å². The summed E-state index contributed by atoms with van der Waals surface area (Å²) in [6, 6.07) is 13.7. The number of hydrogen-bond acceptors (Lipinski definition) is 6. The number of likely N-dealkylation sites (N-methyl/N-ethyl adjacent to an activating group) is 1. The number of nitrogens with zero attached hydrogens (tertiary/aromatic N) is 3. The third-order valence-corrected chi connectivity index (χ3v) is 5.70. The van der Waals surface area contributed by atoms with Crippen LogP contribution in [0.3, 0.4) is 0 Å². The van der Waals surface area contributed by atoms with E-state index < -0.39 is 0 Å². The van der Waals surface area contributed by atoms with E-state index in [4.69, 9.17) is 14.7 Å². The Bertz CT molecular complexity index is 1080. The third-order valence-electron chi connectivity index (χ3n) is 5.70. The highest BCUT2D eigenvalue weighted by Gasteiger charge is 2.06. The van der Waals surface area contributed by atoms with Gasteiger partial charge < -0.3 is 30.3 Å². The molecule has 0 radical (unpaired) electrons. The Morgan fingerprint density at radius 2 is 1.84 bits per heavy atom. The highest BCUT2D eigenvalue weighted by Crippen LogP contribution is 2.27. The monoisotopic (exact) mass is 506 g/mol. The molecule has 198 valence electrons. The molecule has 0 aromatic heterocycles. The molecule has 0 heterocycles. The first-order chi connectivity index (χ1) is 18.0. The van der Waals surface area contributed by atoms with E-state index in [0.717, 1.165) is 55.1 Å². The SMILES string of the molecule is CNC(=NC#N)Nc1ccc(/C=C/CC(=O)NCCCCN(C)CCc2ccc(OC)c(OC)c2)cc1. The topological polar surface area (TPSA) is 111 Å². The maximum absolute atomic E-state index is 12.1. The number of amides is 1. The molecule has 0 aliphatic rings. The number of guanidine groups is 1. The van der Waals surface area contributed by atoms with E-state index in [1.165, 1.54) is 5.56 Å². The third kappa shape index (κ3) is 11.1.